The molecule has 1 saturated carbocycles. The minimum Gasteiger partial charge on any atom is -0.351 e. The first-order chi connectivity index (χ1) is 18.9. The normalized spacial score (nSPS) is 20.7. The van der Waals surface area contributed by atoms with E-state index in [2.05, 4.69) is 41.7 Å². The van der Waals surface area contributed by atoms with Crippen LogP contribution in [0.4, 0.5) is 11.8 Å². The fourth-order valence-corrected chi connectivity index (χ4v) is 7.51. The van der Waals surface area contributed by atoms with Gasteiger partial charge in [0, 0.05) is 60.3 Å². The molecule has 1 aliphatic heterocycles. The molecule has 0 bridgehead atoms. The summed E-state index contributed by atoms with van der Waals surface area (Å²) in [5, 5.41) is 3.67. The average Bonchev–Trinajstić information content (AvgIpc) is 2.94. The van der Waals surface area contributed by atoms with Gasteiger partial charge in [-0.2, -0.15) is 11.8 Å². The predicted octanol–water partition coefficient (Wildman–Crippen LogP) is 5.58. The maximum atomic E-state index is 12.7. The standard InChI is InChI=1S/C28H33ClN6O2S2/c1-20-22(8-13-27(32-20)34-39(36,37)26-5-3-2-4-25(26)29)7-6-21-18-30-28(31-19-21)33-23-9-11-24(12-10-23)35-14-16-38-17-15-35/h2-8,13,18-19,23-24H,9-12,14-17H2,1H3,(H,32,34)(H,30,31,33)/b7-6+/t23-,24-. The Balaban J connectivity index is 1.14. The number of aromatic nitrogens is 3. The molecular formula is C28H33ClN6O2S2. The summed E-state index contributed by atoms with van der Waals surface area (Å²) in [6, 6.07) is 10.9. The number of anilines is 2. The Morgan fingerprint density at radius 2 is 1.72 bits per heavy atom. The van der Waals surface area contributed by atoms with E-state index >= 15 is 0 Å². The molecule has 3 aromatic rings. The van der Waals surface area contributed by atoms with E-state index in [4.69, 9.17) is 11.6 Å². The third-order valence-corrected chi connectivity index (χ3v) is 10.0. The number of nitrogens with zero attached hydrogens (tertiary/aromatic N) is 4. The van der Waals surface area contributed by atoms with Gasteiger partial charge in [0.1, 0.15) is 10.7 Å². The number of aryl methyl sites for hydroxylation is 1. The van der Waals surface area contributed by atoms with Gasteiger partial charge in [0.05, 0.1) is 5.02 Å². The van der Waals surface area contributed by atoms with Crippen LogP contribution in [0.2, 0.25) is 5.02 Å². The summed E-state index contributed by atoms with van der Waals surface area (Å²) >= 11 is 8.12. The molecule has 0 atom stereocenters. The number of hydrogen-bond donors (Lipinski definition) is 2. The van der Waals surface area contributed by atoms with E-state index in [1.54, 1.807) is 30.6 Å². The van der Waals surface area contributed by atoms with Crippen LogP contribution < -0.4 is 10.0 Å². The van der Waals surface area contributed by atoms with Gasteiger partial charge >= 0.3 is 0 Å². The molecule has 1 aliphatic carbocycles. The number of hydrogen-bond acceptors (Lipinski definition) is 8. The first-order valence-corrected chi connectivity index (χ1v) is 16.2. The summed E-state index contributed by atoms with van der Waals surface area (Å²) < 4.78 is 27.9. The van der Waals surface area contributed by atoms with Gasteiger partial charge < -0.3 is 5.32 Å². The summed E-state index contributed by atoms with van der Waals surface area (Å²) in [5.41, 5.74) is 2.42. The highest BCUT2D eigenvalue weighted by molar-refractivity contribution is 7.99. The van der Waals surface area contributed by atoms with E-state index in [1.807, 2.05) is 25.1 Å². The van der Waals surface area contributed by atoms with Gasteiger partial charge in [-0.05, 0) is 62.4 Å². The van der Waals surface area contributed by atoms with Gasteiger partial charge in [-0.1, -0.05) is 35.9 Å². The van der Waals surface area contributed by atoms with Crippen molar-refractivity contribution in [3.05, 3.63) is 70.6 Å². The Morgan fingerprint density at radius 3 is 2.41 bits per heavy atom. The number of halogens is 1. The van der Waals surface area contributed by atoms with Gasteiger partial charge in [-0.15, -0.1) is 0 Å². The molecule has 2 aliphatic rings. The minimum absolute atomic E-state index is 0.0115. The molecule has 206 valence electrons. The van der Waals surface area contributed by atoms with Gasteiger partial charge in [0.25, 0.3) is 10.0 Å². The molecule has 0 spiro atoms. The smallest absolute Gasteiger partial charge is 0.264 e. The van der Waals surface area contributed by atoms with Crippen molar-refractivity contribution in [2.45, 2.75) is 49.6 Å². The van der Waals surface area contributed by atoms with Crippen LogP contribution >= 0.6 is 23.4 Å². The van der Waals surface area contributed by atoms with Gasteiger partial charge in [0.2, 0.25) is 5.95 Å². The lowest BCUT2D eigenvalue weighted by molar-refractivity contribution is 0.166. The van der Waals surface area contributed by atoms with Crippen LogP contribution in [-0.2, 0) is 10.0 Å². The SMILES string of the molecule is Cc1nc(NS(=O)(=O)c2ccccc2Cl)ccc1/C=C/c1cnc(N[C@H]2CC[C@H](N3CCSCC3)CC2)nc1. The predicted molar refractivity (Wildman–Crippen MR) is 161 cm³/mol. The molecule has 0 radical (unpaired) electrons. The number of thioether (sulfide) groups is 1. The van der Waals surface area contributed by atoms with E-state index in [9.17, 15) is 8.42 Å². The Bertz CT molecular complexity index is 1400. The fourth-order valence-electron chi connectivity index (χ4n) is 5.06. The molecule has 2 N–H and O–H groups in total. The second-order valence-corrected chi connectivity index (χ2v) is 13.2. The van der Waals surface area contributed by atoms with Gasteiger partial charge in [-0.25, -0.2) is 23.4 Å². The Labute approximate surface area is 239 Å². The lowest BCUT2D eigenvalue weighted by Gasteiger charge is -2.38. The Morgan fingerprint density at radius 1 is 1.00 bits per heavy atom. The summed E-state index contributed by atoms with van der Waals surface area (Å²) in [6.07, 6.45) is 12.2. The molecular weight excluding hydrogens is 552 g/mol. The molecule has 0 amide bonds. The van der Waals surface area contributed by atoms with Crippen molar-refractivity contribution in [2.75, 3.05) is 34.6 Å². The third-order valence-electron chi connectivity index (χ3n) is 7.21. The van der Waals surface area contributed by atoms with E-state index in [-0.39, 0.29) is 15.7 Å². The second kappa shape index (κ2) is 12.7. The van der Waals surface area contributed by atoms with E-state index in [0.29, 0.717) is 17.7 Å². The second-order valence-electron chi connectivity index (χ2n) is 9.88. The molecule has 39 heavy (non-hydrogen) atoms. The number of benzene rings is 1. The Hall–Kier alpha value is -2.66. The summed E-state index contributed by atoms with van der Waals surface area (Å²) in [7, 11) is -3.84. The largest absolute Gasteiger partial charge is 0.351 e. The summed E-state index contributed by atoms with van der Waals surface area (Å²) in [4.78, 5) is 16.1. The van der Waals surface area contributed by atoms with Crippen molar-refractivity contribution >= 4 is 57.3 Å². The molecule has 3 heterocycles. The highest BCUT2D eigenvalue weighted by Crippen LogP contribution is 2.27. The quantitative estimate of drug-likeness (QED) is 0.354. The van der Waals surface area contributed by atoms with Crippen LogP contribution in [0.15, 0.2) is 53.7 Å². The maximum Gasteiger partial charge on any atom is 0.264 e. The lowest BCUT2D eigenvalue weighted by Crippen LogP contribution is -2.44. The number of sulfonamides is 1. The topological polar surface area (TPSA) is 100 Å². The highest BCUT2D eigenvalue weighted by Gasteiger charge is 2.27. The number of pyridine rings is 1. The van der Waals surface area contributed by atoms with Crippen molar-refractivity contribution < 1.29 is 8.42 Å². The third kappa shape index (κ3) is 7.30. The fraction of sp³-hybridized carbons (Fsp3) is 0.393. The number of rotatable bonds is 8. The molecule has 2 aromatic heterocycles. The zero-order chi connectivity index (χ0) is 27.2. The van der Waals surface area contributed by atoms with Crippen molar-refractivity contribution in [1.29, 1.82) is 0 Å². The van der Waals surface area contributed by atoms with Crippen LogP contribution in [0, 0.1) is 6.92 Å². The molecule has 2 fully saturated rings. The molecule has 0 unspecified atom stereocenters. The average molecular weight is 585 g/mol. The summed E-state index contributed by atoms with van der Waals surface area (Å²) in [6.45, 7) is 4.29. The molecule has 1 saturated heterocycles. The van der Waals surface area contributed by atoms with Crippen LogP contribution in [0.1, 0.15) is 42.5 Å². The van der Waals surface area contributed by atoms with Gasteiger partial charge in [0.15, 0.2) is 0 Å². The summed E-state index contributed by atoms with van der Waals surface area (Å²) in [5.74, 6) is 3.42. The van der Waals surface area contributed by atoms with Crippen LogP contribution in [-0.4, -0.2) is 64.9 Å². The van der Waals surface area contributed by atoms with E-state index in [1.165, 1.54) is 49.6 Å². The molecule has 5 rings (SSSR count). The lowest BCUT2D eigenvalue weighted by atomic mass is 9.90. The molecule has 1 aromatic carbocycles. The molecule has 11 heteroatoms. The van der Waals surface area contributed by atoms with Crippen LogP contribution in [0.25, 0.3) is 12.2 Å². The first-order valence-electron chi connectivity index (χ1n) is 13.2. The highest BCUT2D eigenvalue weighted by atomic mass is 35.5. The van der Waals surface area contributed by atoms with Crippen LogP contribution in [0.3, 0.4) is 0 Å². The van der Waals surface area contributed by atoms with Crippen LogP contribution in [0.5, 0.6) is 0 Å². The zero-order valence-corrected chi connectivity index (χ0v) is 24.3. The van der Waals surface area contributed by atoms with E-state index < -0.39 is 10.0 Å². The van der Waals surface area contributed by atoms with E-state index in [0.717, 1.165) is 30.0 Å². The van der Waals surface area contributed by atoms with Gasteiger partial charge in [-0.3, -0.25) is 9.62 Å². The Kier molecular flexibility index (Phi) is 9.06. The zero-order valence-electron chi connectivity index (χ0n) is 21.9. The molecule has 8 nitrogen and oxygen atoms in total. The first kappa shape index (κ1) is 27.9. The maximum absolute atomic E-state index is 12.7. The van der Waals surface area contributed by atoms with Crippen molar-refractivity contribution in [3.8, 4) is 0 Å². The monoisotopic (exact) mass is 584 g/mol. The number of nitrogens with one attached hydrogen (secondary N) is 2. The minimum atomic E-state index is -3.84. The van der Waals surface area contributed by atoms with Crippen molar-refractivity contribution in [1.82, 2.24) is 19.9 Å². The van der Waals surface area contributed by atoms with Crippen molar-refractivity contribution in [2.24, 2.45) is 0 Å². The van der Waals surface area contributed by atoms with Crippen molar-refractivity contribution in [3.63, 3.8) is 0 Å².